The van der Waals surface area contributed by atoms with Gasteiger partial charge in [0.2, 0.25) is 0 Å². The molecule has 1 heterocycles. The molecule has 0 aliphatic rings. The molecule has 0 saturated heterocycles. The number of aryl methyl sites for hydroxylation is 1. The molecule has 2 rings (SSSR count). The summed E-state index contributed by atoms with van der Waals surface area (Å²) in [6.45, 7) is 0. The van der Waals surface area contributed by atoms with Gasteiger partial charge in [0.15, 0.2) is 0 Å². The summed E-state index contributed by atoms with van der Waals surface area (Å²) in [6.07, 6.45) is 2.81. The molecular weight excluding hydrogens is 207 g/mol. The van der Waals surface area contributed by atoms with Crippen LogP contribution in [0, 0.1) is 5.82 Å². The molecule has 1 unspecified atom stereocenters. The summed E-state index contributed by atoms with van der Waals surface area (Å²) in [5.41, 5.74) is 1.06. The smallest absolute Gasteiger partial charge is 0.126 e. The first-order valence-electron chi connectivity index (χ1n) is 5.06. The highest BCUT2D eigenvalue weighted by Gasteiger charge is 2.13. The molecule has 0 radical (unpaired) electrons. The van der Waals surface area contributed by atoms with Gasteiger partial charge in [-0.2, -0.15) is 0 Å². The van der Waals surface area contributed by atoms with Crippen molar-refractivity contribution in [2.45, 2.75) is 12.5 Å². The maximum absolute atomic E-state index is 13.3. The third kappa shape index (κ3) is 2.28. The number of imidazole rings is 1. The molecule has 0 saturated carbocycles. The maximum Gasteiger partial charge on any atom is 0.126 e. The number of hydrogen-bond acceptors (Lipinski definition) is 2. The van der Waals surface area contributed by atoms with Crippen molar-refractivity contribution in [2.75, 3.05) is 0 Å². The van der Waals surface area contributed by atoms with Crippen molar-refractivity contribution in [3.8, 4) is 0 Å². The second kappa shape index (κ2) is 4.45. The minimum atomic E-state index is -0.766. The number of nitrogens with zero attached hydrogens (tertiary/aromatic N) is 2. The number of hydrogen-bond donors (Lipinski definition) is 1. The number of benzene rings is 1. The van der Waals surface area contributed by atoms with Gasteiger partial charge in [-0.3, -0.25) is 0 Å². The van der Waals surface area contributed by atoms with E-state index in [-0.39, 0.29) is 12.2 Å². The molecule has 1 N–H and O–H groups in total. The topological polar surface area (TPSA) is 38.0 Å². The van der Waals surface area contributed by atoms with Crippen LogP contribution in [-0.4, -0.2) is 14.7 Å². The molecular formula is C12H13FN2O. The van der Waals surface area contributed by atoms with E-state index in [9.17, 15) is 9.50 Å². The van der Waals surface area contributed by atoms with Crippen molar-refractivity contribution in [3.63, 3.8) is 0 Å². The minimum Gasteiger partial charge on any atom is -0.386 e. The predicted octanol–water partition coefficient (Wildman–Crippen LogP) is 1.84. The number of rotatable bonds is 3. The molecule has 0 aliphatic carbocycles. The van der Waals surface area contributed by atoms with Crippen LogP contribution in [0.3, 0.4) is 0 Å². The molecule has 3 nitrogen and oxygen atoms in total. The van der Waals surface area contributed by atoms with E-state index in [0.717, 1.165) is 0 Å². The average molecular weight is 220 g/mol. The lowest BCUT2D eigenvalue weighted by Crippen LogP contribution is -2.03. The van der Waals surface area contributed by atoms with Gasteiger partial charge in [0.1, 0.15) is 11.9 Å². The minimum absolute atomic E-state index is 0.240. The van der Waals surface area contributed by atoms with Crippen LogP contribution in [0.15, 0.2) is 36.8 Å². The fraction of sp³-hybridized carbons (Fsp3) is 0.250. The number of aliphatic hydroxyl groups is 1. The second-order valence-corrected chi connectivity index (χ2v) is 3.78. The van der Waals surface area contributed by atoms with Crippen molar-refractivity contribution >= 4 is 0 Å². The van der Waals surface area contributed by atoms with E-state index in [2.05, 4.69) is 4.98 Å². The van der Waals surface area contributed by atoms with Crippen molar-refractivity contribution in [1.82, 2.24) is 9.55 Å². The molecule has 4 heteroatoms. The zero-order valence-electron chi connectivity index (χ0n) is 8.97. The van der Waals surface area contributed by atoms with E-state index in [4.69, 9.17) is 0 Å². The Morgan fingerprint density at radius 3 is 2.81 bits per heavy atom. The summed E-state index contributed by atoms with van der Waals surface area (Å²) < 4.78 is 15.1. The van der Waals surface area contributed by atoms with Crippen LogP contribution in [0.5, 0.6) is 0 Å². The molecule has 1 aromatic heterocycles. The predicted molar refractivity (Wildman–Crippen MR) is 58.3 cm³/mol. The highest BCUT2D eigenvalue weighted by Crippen LogP contribution is 2.18. The standard InChI is InChI=1S/C12H13FN2O/c1-15-7-11(14-8-15)12(16)6-9-4-2-3-5-10(9)13/h2-5,7-8,12,16H,6H2,1H3. The SMILES string of the molecule is Cn1cnc(C(O)Cc2ccccc2F)c1. The lowest BCUT2D eigenvalue weighted by Gasteiger charge is -2.08. The monoisotopic (exact) mass is 220 g/mol. The zero-order chi connectivity index (χ0) is 11.5. The molecule has 0 fully saturated rings. The van der Waals surface area contributed by atoms with Crippen LogP contribution in [0.1, 0.15) is 17.4 Å². The van der Waals surface area contributed by atoms with Gasteiger partial charge in [0.25, 0.3) is 0 Å². The Kier molecular flexibility index (Phi) is 3.01. The molecule has 2 aromatic rings. The lowest BCUT2D eigenvalue weighted by atomic mass is 10.1. The van der Waals surface area contributed by atoms with E-state index in [1.807, 2.05) is 7.05 Å². The molecule has 1 atom stereocenters. The highest BCUT2D eigenvalue weighted by atomic mass is 19.1. The number of aliphatic hydroxyl groups excluding tert-OH is 1. The molecule has 1 aromatic carbocycles. The van der Waals surface area contributed by atoms with Crippen LogP contribution in [-0.2, 0) is 13.5 Å². The first kappa shape index (κ1) is 10.8. The summed E-state index contributed by atoms with van der Waals surface area (Å²) >= 11 is 0. The van der Waals surface area contributed by atoms with Crippen molar-refractivity contribution < 1.29 is 9.50 Å². The lowest BCUT2D eigenvalue weighted by molar-refractivity contribution is 0.172. The van der Waals surface area contributed by atoms with E-state index in [1.165, 1.54) is 6.07 Å². The van der Waals surface area contributed by atoms with E-state index in [0.29, 0.717) is 11.3 Å². The van der Waals surface area contributed by atoms with Gasteiger partial charge >= 0.3 is 0 Å². The first-order chi connectivity index (χ1) is 7.66. The highest BCUT2D eigenvalue weighted by molar-refractivity contribution is 5.19. The average Bonchev–Trinajstić information content (AvgIpc) is 2.68. The quantitative estimate of drug-likeness (QED) is 0.857. The Balaban J connectivity index is 2.13. The fourth-order valence-electron chi connectivity index (χ4n) is 1.58. The summed E-state index contributed by atoms with van der Waals surface area (Å²) in [4.78, 5) is 4.03. The van der Waals surface area contributed by atoms with Gasteiger partial charge in [-0.15, -0.1) is 0 Å². The summed E-state index contributed by atoms with van der Waals surface area (Å²) in [7, 11) is 1.83. The second-order valence-electron chi connectivity index (χ2n) is 3.78. The number of halogens is 1. The molecule has 0 bridgehead atoms. The fourth-order valence-corrected chi connectivity index (χ4v) is 1.58. The molecule has 0 amide bonds. The van der Waals surface area contributed by atoms with E-state index in [1.54, 1.807) is 35.3 Å². The first-order valence-corrected chi connectivity index (χ1v) is 5.06. The van der Waals surface area contributed by atoms with Gasteiger partial charge in [-0.1, -0.05) is 18.2 Å². The summed E-state index contributed by atoms with van der Waals surface area (Å²) in [5, 5.41) is 9.87. The van der Waals surface area contributed by atoms with Gasteiger partial charge in [-0.25, -0.2) is 9.37 Å². The van der Waals surface area contributed by atoms with Crippen molar-refractivity contribution in [1.29, 1.82) is 0 Å². The molecule has 84 valence electrons. The van der Waals surface area contributed by atoms with Crippen LogP contribution in [0.4, 0.5) is 4.39 Å². The third-order valence-corrected chi connectivity index (χ3v) is 2.44. The van der Waals surface area contributed by atoms with Gasteiger partial charge in [0, 0.05) is 19.7 Å². The normalized spacial score (nSPS) is 12.7. The summed E-state index contributed by atoms with van der Waals surface area (Å²) in [5.74, 6) is -0.294. The zero-order valence-corrected chi connectivity index (χ0v) is 8.97. The Morgan fingerprint density at radius 2 is 2.19 bits per heavy atom. The van der Waals surface area contributed by atoms with Crippen LogP contribution in [0.2, 0.25) is 0 Å². The largest absolute Gasteiger partial charge is 0.386 e. The molecule has 0 spiro atoms. The van der Waals surface area contributed by atoms with Crippen LogP contribution in [0.25, 0.3) is 0 Å². The van der Waals surface area contributed by atoms with Crippen LogP contribution < -0.4 is 0 Å². The Hall–Kier alpha value is -1.68. The van der Waals surface area contributed by atoms with Crippen molar-refractivity contribution in [3.05, 3.63) is 53.9 Å². The Labute approximate surface area is 93.2 Å². The van der Waals surface area contributed by atoms with Crippen LogP contribution >= 0.6 is 0 Å². The third-order valence-electron chi connectivity index (χ3n) is 2.44. The van der Waals surface area contributed by atoms with E-state index >= 15 is 0 Å². The number of aromatic nitrogens is 2. The van der Waals surface area contributed by atoms with E-state index < -0.39 is 6.10 Å². The Morgan fingerprint density at radius 1 is 1.44 bits per heavy atom. The van der Waals surface area contributed by atoms with Gasteiger partial charge in [0.05, 0.1) is 12.0 Å². The van der Waals surface area contributed by atoms with Gasteiger partial charge in [-0.05, 0) is 11.6 Å². The summed E-state index contributed by atoms with van der Waals surface area (Å²) in [6, 6.07) is 6.44. The molecule has 16 heavy (non-hydrogen) atoms. The molecule has 0 aliphatic heterocycles. The maximum atomic E-state index is 13.3. The van der Waals surface area contributed by atoms with Gasteiger partial charge < -0.3 is 9.67 Å². The Bertz CT molecular complexity index is 481. The van der Waals surface area contributed by atoms with Crippen molar-refractivity contribution in [2.24, 2.45) is 7.05 Å².